The van der Waals surface area contributed by atoms with Crippen molar-refractivity contribution < 1.29 is 9.53 Å². The monoisotopic (exact) mass is 372 g/mol. The molecule has 1 aromatic heterocycles. The van der Waals surface area contributed by atoms with Gasteiger partial charge in [0.05, 0.1) is 5.03 Å². The zero-order valence-electron chi connectivity index (χ0n) is 12.6. The molecule has 1 aliphatic heterocycles. The fourth-order valence-corrected chi connectivity index (χ4v) is 3.67. The van der Waals surface area contributed by atoms with Crippen molar-refractivity contribution >= 4 is 33.8 Å². The maximum Gasteiger partial charge on any atom is 0.410 e. The van der Waals surface area contributed by atoms with Crippen LogP contribution in [0, 0.1) is 0 Å². The summed E-state index contributed by atoms with van der Waals surface area (Å²) in [6, 6.07) is 5.94. The molecule has 0 N–H and O–H groups in total. The average Bonchev–Trinajstić information content (AvgIpc) is 2.37. The molecule has 1 fully saturated rings. The maximum absolute atomic E-state index is 12.0. The SMILES string of the molecule is CC(C)(C)OC(=O)N1CCC(Sc2cccc(Br)n2)CC1. The van der Waals surface area contributed by atoms with E-state index in [-0.39, 0.29) is 6.09 Å². The third kappa shape index (κ3) is 5.51. The third-order valence-electron chi connectivity index (χ3n) is 3.07. The highest BCUT2D eigenvalue weighted by atomic mass is 79.9. The summed E-state index contributed by atoms with van der Waals surface area (Å²) >= 11 is 5.18. The van der Waals surface area contributed by atoms with Crippen LogP contribution in [-0.4, -0.2) is 39.9 Å². The number of carbonyl (C=O) groups is 1. The van der Waals surface area contributed by atoms with Gasteiger partial charge in [-0.3, -0.25) is 0 Å². The number of likely N-dealkylation sites (tertiary alicyclic amines) is 1. The molecule has 6 heteroatoms. The Hall–Kier alpha value is -0.750. The van der Waals surface area contributed by atoms with Crippen LogP contribution in [0.2, 0.25) is 0 Å². The van der Waals surface area contributed by atoms with Crippen molar-refractivity contribution in [2.24, 2.45) is 0 Å². The number of nitrogens with zero attached hydrogens (tertiary/aromatic N) is 2. The highest BCUT2D eigenvalue weighted by Crippen LogP contribution is 2.30. The molecule has 1 aliphatic rings. The fourth-order valence-electron chi connectivity index (χ4n) is 2.11. The molecule has 0 radical (unpaired) electrons. The summed E-state index contributed by atoms with van der Waals surface area (Å²) in [7, 11) is 0. The Morgan fingerprint density at radius 2 is 2.05 bits per heavy atom. The topological polar surface area (TPSA) is 42.4 Å². The van der Waals surface area contributed by atoms with Gasteiger partial charge >= 0.3 is 6.09 Å². The van der Waals surface area contributed by atoms with Gasteiger partial charge in [-0.15, -0.1) is 11.8 Å². The van der Waals surface area contributed by atoms with Gasteiger partial charge in [-0.05, 0) is 61.7 Å². The molecule has 0 aliphatic carbocycles. The molecule has 0 aromatic carbocycles. The predicted octanol–water partition coefficient (Wildman–Crippen LogP) is 4.34. The molecule has 0 bridgehead atoms. The van der Waals surface area contributed by atoms with Gasteiger partial charge in [-0.2, -0.15) is 0 Å². The smallest absolute Gasteiger partial charge is 0.410 e. The molecule has 2 heterocycles. The molecule has 1 saturated heterocycles. The predicted molar refractivity (Wildman–Crippen MR) is 88.6 cm³/mol. The number of rotatable bonds is 2. The summed E-state index contributed by atoms with van der Waals surface area (Å²) in [5.74, 6) is 0. The zero-order chi connectivity index (χ0) is 15.5. The van der Waals surface area contributed by atoms with Crippen LogP contribution >= 0.6 is 27.7 Å². The van der Waals surface area contributed by atoms with E-state index >= 15 is 0 Å². The molecule has 0 spiro atoms. The Morgan fingerprint density at radius 3 is 2.62 bits per heavy atom. The van der Waals surface area contributed by atoms with Gasteiger partial charge in [0, 0.05) is 18.3 Å². The van der Waals surface area contributed by atoms with Crippen LogP contribution < -0.4 is 0 Å². The number of piperidine rings is 1. The van der Waals surface area contributed by atoms with Gasteiger partial charge in [0.25, 0.3) is 0 Å². The van der Waals surface area contributed by atoms with Gasteiger partial charge in [0.2, 0.25) is 0 Å². The van der Waals surface area contributed by atoms with Crippen molar-refractivity contribution in [3.63, 3.8) is 0 Å². The summed E-state index contributed by atoms with van der Waals surface area (Å²) in [5, 5.41) is 1.53. The lowest BCUT2D eigenvalue weighted by atomic mass is 10.1. The van der Waals surface area contributed by atoms with Crippen molar-refractivity contribution in [1.82, 2.24) is 9.88 Å². The lowest BCUT2D eigenvalue weighted by molar-refractivity contribution is 0.0219. The Bertz CT molecular complexity index is 497. The van der Waals surface area contributed by atoms with E-state index in [0.29, 0.717) is 5.25 Å². The number of carbonyl (C=O) groups excluding carboxylic acids is 1. The van der Waals surface area contributed by atoms with Crippen LogP contribution in [0.25, 0.3) is 0 Å². The lowest BCUT2D eigenvalue weighted by Gasteiger charge is -2.33. The summed E-state index contributed by atoms with van der Waals surface area (Å²) in [4.78, 5) is 18.2. The fraction of sp³-hybridized carbons (Fsp3) is 0.600. The van der Waals surface area contributed by atoms with E-state index < -0.39 is 5.60 Å². The summed E-state index contributed by atoms with van der Waals surface area (Å²) in [6.07, 6.45) is 1.74. The summed E-state index contributed by atoms with van der Waals surface area (Å²) in [6.45, 7) is 7.19. The van der Waals surface area contributed by atoms with Gasteiger partial charge in [0.1, 0.15) is 10.2 Å². The van der Waals surface area contributed by atoms with E-state index in [0.717, 1.165) is 35.6 Å². The Kier molecular flexibility index (Phi) is 5.54. The van der Waals surface area contributed by atoms with Crippen LogP contribution in [0.5, 0.6) is 0 Å². The van der Waals surface area contributed by atoms with Crippen molar-refractivity contribution in [2.75, 3.05) is 13.1 Å². The Balaban J connectivity index is 1.82. The maximum atomic E-state index is 12.0. The second kappa shape index (κ2) is 7.01. The van der Waals surface area contributed by atoms with E-state index in [9.17, 15) is 4.79 Å². The van der Waals surface area contributed by atoms with Crippen molar-refractivity contribution in [1.29, 1.82) is 0 Å². The number of thioether (sulfide) groups is 1. The van der Waals surface area contributed by atoms with E-state index in [1.54, 1.807) is 16.7 Å². The molecule has 4 nitrogen and oxygen atoms in total. The van der Waals surface area contributed by atoms with Crippen LogP contribution in [0.4, 0.5) is 4.79 Å². The molecule has 0 saturated carbocycles. The molecule has 2 rings (SSSR count). The highest BCUT2D eigenvalue weighted by molar-refractivity contribution is 9.10. The summed E-state index contributed by atoms with van der Waals surface area (Å²) < 4.78 is 6.27. The number of hydrogen-bond donors (Lipinski definition) is 0. The number of ether oxygens (including phenoxy) is 1. The Labute approximate surface area is 138 Å². The van der Waals surface area contributed by atoms with Crippen LogP contribution in [0.3, 0.4) is 0 Å². The number of hydrogen-bond acceptors (Lipinski definition) is 4. The van der Waals surface area contributed by atoms with E-state index in [2.05, 4.69) is 20.9 Å². The average molecular weight is 373 g/mol. The van der Waals surface area contributed by atoms with Gasteiger partial charge in [-0.1, -0.05) is 6.07 Å². The van der Waals surface area contributed by atoms with Gasteiger partial charge in [-0.25, -0.2) is 9.78 Å². The first-order valence-corrected chi connectivity index (χ1v) is 8.78. The molecule has 116 valence electrons. The van der Waals surface area contributed by atoms with Gasteiger partial charge < -0.3 is 9.64 Å². The molecule has 21 heavy (non-hydrogen) atoms. The first-order valence-electron chi connectivity index (χ1n) is 7.10. The number of amides is 1. The minimum Gasteiger partial charge on any atom is -0.444 e. The quantitative estimate of drug-likeness (QED) is 0.724. The molecule has 1 amide bonds. The second-order valence-corrected chi connectivity index (χ2v) is 8.22. The summed E-state index contributed by atoms with van der Waals surface area (Å²) in [5.41, 5.74) is -0.428. The minimum absolute atomic E-state index is 0.202. The second-order valence-electron chi connectivity index (χ2n) is 6.08. The van der Waals surface area contributed by atoms with Gasteiger partial charge in [0.15, 0.2) is 0 Å². The van der Waals surface area contributed by atoms with Crippen molar-refractivity contribution in [2.45, 2.75) is 49.5 Å². The molecule has 1 aromatic rings. The van der Waals surface area contributed by atoms with Crippen LogP contribution in [-0.2, 0) is 4.74 Å². The molecular formula is C15H21BrN2O2S. The first kappa shape index (κ1) is 16.6. The van der Waals surface area contributed by atoms with E-state index in [4.69, 9.17) is 4.74 Å². The zero-order valence-corrected chi connectivity index (χ0v) is 15.0. The number of pyridine rings is 1. The minimum atomic E-state index is -0.428. The lowest BCUT2D eigenvalue weighted by Crippen LogP contribution is -2.42. The van der Waals surface area contributed by atoms with Crippen LogP contribution in [0.1, 0.15) is 33.6 Å². The number of halogens is 1. The van der Waals surface area contributed by atoms with Crippen LogP contribution in [0.15, 0.2) is 27.8 Å². The molecule has 0 unspecified atom stereocenters. The largest absolute Gasteiger partial charge is 0.444 e. The van der Waals surface area contributed by atoms with Crippen molar-refractivity contribution in [3.8, 4) is 0 Å². The Morgan fingerprint density at radius 1 is 1.38 bits per heavy atom. The van der Waals surface area contributed by atoms with Crippen molar-refractivity contribution in [3.05, 3.63) is 22.8 Å². The third-order valence-corrected chi connectivity index (χ3v) is 4.79. The molecule has 0 atom stereocenters. The highest BCUT2D eigenvalue weighted by Gasteiger charge is 2.27. The standard InChI is InChI=1S/C15H21BrN2O2S/c1-15(2,3)20-14(19)18-9-7-11(8-10-18)21-13-6-4-5-12(16)17-13/h4-6,11H,7-10H2,1-3H3. The first-order chi connectivity index (χ1) is 9.83. The normalized spacial score (nSPS) is 16.9. The molecular weight excluding hydrogens is 352 g/mol. The van der Waals surface area contributed by atoms with E-state index in [1.165, 1.54) is 0 Å². The van der Waals surface area contributed by atoms with E-state index in [1.807, 2.05) is 39.0 Å². The number of aromatic nitrogens is 1.